The topological polar surface area (TPSA) is 53.4 Å². The summed E-state index contributed by atoms with van der Waals surface area (Å²) in [4.78, 5) is 17.0. The Balaban J connectivity index is 1.66. The molecule has 0 aliphatic rings. The minimum Gasteiger partial charge on any atom is -0.481 e. The van der Waals surface area contributed by atoms with Crippen LogP contribution in [0.3, 0.4) is 0 Å². The van der Waals surface area contributed by atoms with Gasteiger partial charge in [-0.3, -0.25) is 4.79 Å². The molecular formula is C23H31FN2O2. The van der Waals surface area contributed by atoms with Gasteiger partial charge in [-0.2, -0.15) is 0 Å². The molecule has 0 amide bonds. The fourth-order valence-corrected chi connectivity index (χ4v) is 3.29. The molecule has 0 bridgehead atoms. The van der Waals surface area contributed by atoms with Crippen LogP contribution in [0.15, 0.2) is 48.7 Å². The highest BCUT2D eigenvalue weighted by Crippen LogP contribution is 2.24. The van der Waals surface area contributed by atoms with Crippen LogP contribution in [0.25, 0.3) is 0 Å². The summed E-state index contributed by atoms with van der Waals surface area (Å²) >= 11 is 0. The van der Waals surface area contributed by atoms with Crippen molar-refractivity contribution in [1.82, 2.24) is 4.98 Å². The number of nitrogens with zero attached hydrogens (tertiary/aromatic N) is 2. The average Bonchev–Trinajstić information content (AvgIpc) is 2.70. The smallest absolute Gasteiger partial charge is 0.303 e. The van der Waals surface area contributed by atoms with Crippen LogP contribution in [0.1, 0.15) is 64.2 Å². The van der Waals surface area contributed by atoms with Gasteiger partial charge in [0.2, 0.25) is 0 Å². The van der Waals surface area contributed by atoms with E-state index in [9.17, 15) is 9.18 Å². The number of benzene rings is 1. The molecular weight excluding hydrogens is 355 g/mol. The van der Waals surface area contributed by atoms with Crippen molar-refractivity contribution in [3.8, 4) is 0 Å². The predicted molar refractivity (Wildman–Crippen MR) is 111 cm³/mol. The van der Waals surface area contributed by atoms with E-state index in [1.54, 1.807) is 18.3 Å². The van der Waals surface area contributed by atoms with Crippen LogP contribution in [-0.4, -0.2) is 22.6 Å². The molecule has 0 saturated heterocycles. The number of unbranched alkanes of at least 4 members (excludes halogenated alkanes) is 8. The fourth-order valence-electron chi connectivity index (χ4n) is 3.29. The van der Waals surface area contributed by atoms with Crippen molar-refractivity contribution >= 4 is 17.5 Å². The van der Waals surface area contributed by atoms with Crippen molar-refractivity contribution in [2.24, 2.45) is 0 Å². The summed E-state index contributed by atoms with van der Waals surface area (Å²) < 4.78 is 13.3. The number of anilines is 2. The maximum atomic E-state index is 13.3. The number of hydrogen-bond donors (Lipinski definition) is 1. The number of hydrogen-bond acceptors (Lipinski definition) is 3. The number of halogens is 1. The molecule has 0 saturated carbocycles. The van der Waals surface area contributed by atoms with Gasteiger partial charge in [-0.25, -0.2) is 9.37 Å². The van der Waals surface area contributed by atoms with Gasteiger partial charge in [-0.05, 0) is 49.2 Å². The van der Waals surface area contributed by atoms with Crippen molar-refractivity contribution in [1.29, 1.82) is 0 Å². The predicted octanol–water partition coefficient (Wildman–Crippen LogP) is 6.34. The van der Waals surface area contributed by atoms with E-state index in [0.717, 1.165) is 50.2 Å². The zero-order valence-corrected chi connectivity index (χ0v) is 16.5. The molecule has 4 nitrogen and oxygen atoms in total. The first-order valence-electron chi connectivity index (χ1n) is 10.3. The van der Waals surface area contributed by atoms with E-state index in [4.69, 9.17) is 5.11 Å². The third kappa shape index (κ3) is 8.51. The van der Waals surface area contributed by atoms with Crippen molar-refractivity contribution < 1.29 is 14.3 Å². The van der Waals surface area contributed by atoms with E-state index in [1.165, 1.54) is 37.8 Å². The number of aromatic nitrogens is 1. The van der Waals surface area contributed by atoms with Crippen LogP contribution in [0.5, 0.6) is 0 Å². The molecule has 1 N–H and O–H groups in total. The van der Waals surface area contributed by atoms with Gasteiger partial charge < -0.3 is 10.0 Å². The van der Waals surface area contributed by atoms with Gasteiger partial charge in [0.1, 0.15) is 11.6 Å². The Morgan fingerprint density at radius 2 is 1.46 bits per heavy atom. The first-order chi connectivity index (χ1) is 13.7. The molecule has 1 aromatic carbocycles. The molecule has 5 heteroatoms. The van der Waals surface area contributed by atoms with Crippen LogP contribution in [0, 0.1) is 5.82 Å². The molecule has 28 heavy (non-hydrogen) atoms. The summed E-state index contributed by atoms with van der Waals surface area (Å²) in [7, 11) is 0. The fraction of sp³-hybridized carbons (Fsp3) is 0.478. The number of pyridine rings is 1. The van der Waals surface area contributed by atoms with Crippen molar-refractivity contribution in [3.63, 3.8) is 0 Å². The molecule has 2 aromatic rings. The van der Waals surface area contributed by atoms with Crippen LogP contribution in [0.2, 0.25) is 0 Å². The largest absolute Gasteiger partial charge is 0.481 e. The maximum absolute atomic E-state index is 13.3. The molecule has 0 radical (unpaired) electrons. The van der Waals surface area contributed by atoms with Gasteiger partial charge in [0.25, 0.3) is 0 Å². The SMILES string of the molecule is O=C(O)CCCCCCCCCCCN(c1ccc(F)cc1)c1ccccn1. The first kappa shape index (κ1) is 21.9. The Kier molecular flexibility index (Phi) is 10.0. The summed E-state index contributed by atoms with van der Waals surface area (Å²) in [5.41, 5.74) is 0.960. The lowest BCUT2D eigenvalue weighted by molar-refractivity contribution is -0.137. The van der Waals surface area contributed by atoms with Gasteiger partial charge in [0.05, 0.1) is 0 Å². The quantitative estimate of drug-likeness (QED) is 0.385. The second-order valence-corrected chi connectivity index (χ2v) is 7.14. The van der Waals surface area contributed by atoms with Gasteiger partial charge in [0.15, 0.2) is 0 Å². The van der Waals surface area contributed by atoms with E-state index >= 15 is 0 Å². The van der Waals surface area contributed by atoms with E-state index in [0.29, 0.717) is 6.42 Å². The Labute approximate surface area is 167 Å². The number of carboxylic acid groups (broad SMARTS) is 1. The summed E-state index contributed by atoms with van der Waals surface area (Å²) in [5.74, 6) is -0.0384. The Bertz CT molecular complexity index is 677. The molecule has 0 aliphatic heterocycles. The third-order valence-electron chi connectivity index (χ3n) is 4.84. The van der Waals surface area contributed by atoms with Gasteiger partial charge in [-0.1, -0.05) is 51.0 Å². The molecule has 1 heterocycles. The van der Waals surface area contributed by atoms with Crippen LogP contribution in [0.4, 0.5) is 15.9 Å². The van der Waals surface area contributed by atoms with Crippen molar-refractivity contribution in [2.75, 3.05) is 11.4 Å². The Morgan fingerprint density at radius 3 is 2.04 bits per heavy atom. The van der Waals surface area contributed by atoms with Crippen molar-refractivity contribution in [2.45, 2.75) is 64.2 Å². The zero-order chi connectivity index (χ0) is 20.0. The van der Waals surface area contributed by atoms with E-state index in [2.05, 4.69) is 9.88 Å². The highest BCUT2D eigenvalue weighted by Gasteiger charge is 2.10. The summed E-state index contributed by atoms with van der Waals surface area (Å²) in [6.45, 7) is 0.859. The summed E-state index contributed by atoms with van der Waals surface area (Å²) in [5, 5.41) is 8.61. The van der Waals surface area contributed by atoms with Gasteiger partial charge >= 0.3 is 5.97 Å². The highest BCUT2D eigenvalue weighted by molar-refractivity contribution is 5.66. The lowest BCUT2D eigenvalue weighted by atomic mass is 10.1. The molecule has 0 unspecified atom stereocenters. The zero-order valence-electron chi connectivity index (χ0n) is 16.5. The lowest BCUT2D eigenvalue weighted by Gasteiger charge is -2.24. The highest BCUT2D eigenvalue weighted by atomic mass is 19.1. The minimum absolute atomic E-state index is 0.229. The summed E-state index contributed by atoms with van der Waals surface area (Å²) in [6.07, 6.45) is 12.1. The molecule has 0 aliphatic carbocycles. The Morgan fingerprint density at radius 1 is 0.857 bits per heavy atom. The third-order valence-corrected chi connectivity index (χ3v) is 4.84. The first-order valence-corrected chi connectivity index (χ1v) is 10.3. The molecule has 2 rings (SSSR count). The number of carboxylic acids is 1. The molecule has 0 spiro atoms. The molecule has 0 fully saturated rings. The molecule has 0 atom stereocenters. The van der Waals surface area contributed by atoms with Crippen molar-refractivity contribution in [3.05, 3.63) is 54.5 Å². The van der Waals surface area contributed by atoms with Crippen LogP contribution >= 0.6 is 0 Å². The standard InChI is InChI=1S/C23H31FN2O2/c24-20-14-16-21(17-15-20)26(22-12-9-10-18-25-22)19-11-7-5-3-1-2-4-6-8-13-23(27)28/h9-10,12,14-18H,1-8,11,13,19H2,(H,27,28). The Hall–Kier alpha value is -2.43. The second-order valence-electron chi connectivity index (χ2n) is 7.14. The van der Waals surface area contributed by atoms with E-state index < -0.39 is 5.97 Å². The average molecular weight is 387 g/mol. The normalized spacial score (nSPS) is 10.8. The monoisotopic (exact) mass is 386 g/mol. The van der Waals surface area contributed by atoms with E-state index in [-0.39, 0.29) is 5.82 Å². The summed E-state index contributed by atoms with van der Waals surface area (Å²) in [6, 6.07) is 12.4. The number of carbonyl (C=O) groups is 1. The van der Waals surface area contributed by atoms with Crippen LogP contribution in [-0.2, 0) is 4.79 Å². The molecule has 152 valence electrons. The number of aliphatic carboxylic acids is 1. The van der Waals surface area contributed by atoms with Crippen LogP contribution < -0.4 is 4.90 Å². The molecule has 1 aromatic heterocycles. The van der Waals surface area contributed by atoms with E-state index in [1.807, 2.05) is 18.2 Å². The van der Waals surface area contributed by atoms with Gasteiger partial charge in [0, 0.05) is 24.8 Å². The lowest BCUT2D eigenvalue weighted by Crippen LogP contribution is -2.19. The number of rotatable bonds is 14. The maximum Gasteiger partial charge on any atom is 0.303 e. The second kappa shape index (κ2) is 12.9. The van der Waals surface area contributed by atoms with Gasteiger partial charge in [-0.15, -0.1) is 0 Å². The minimum atomic E-state index is -0.694.